The normalized spacial score (nSPS) is 14.9. The molecular formula is C28H31N5O2. The molecule has 1 amide bonds. The molecule has 1 atom stereocenters. The number of benzene rings is 2. The average molecular weight is 470 g/mol. The fraction of sp³-hybridized carbons (Fsp3) is 0.321. The number of amides is 1. The number of hydrogen-bond acceptors (Lipinski definition) is 5. The SMILES string of the molecule is CC(C)[C@H](NC(=O)c1ccoc1)c1nnc2n1CCN(Cc1ccc(-c3ccccc3)cc1)CC2. The van der Waals surface area contributed by atoms with E-state index in [4.69, 9.17) is 4.42 Å². The first kappa shape index (κ1) is 23.1. The Balaban J connectivity index is 1.26. The maximum absolute atomic E-state index is 12.7. The number of carbonyl (C=O) groups is 1. The van der Waals surface area contributed by atoms with E-state index in [1.807, 2.05) is 6.07 Å². The van der Waals surface area contributed by atoms with E-state index in [0.29, 0.717) is 5.56 Å². The second-order valence-electron chi connectivity index (χ2n) is 9.42. The molecule has 5 rings (SSSR count). The predicted octanol–water partition coefficient (Wildman–Crippen LogP) is 4.72. The van der Waals surface area contributed by atoms with Gasteiger partial charge in [-0.05, 0) is 28.7 Å². The Morgan fingerprint density at radius 3 is 2.46 bits per heavy atom. The summed E-state index contributed by atoms with van der Waals surface area (Å²) >= 11 is 0. The summed E-state index contributed by atoms with van der Waals surface area (Å²) in [4.78, 5) is 15.1. The second kappa shape index (κ2) is 10.3. The van der Waals surface area contributed by atoms with Crippen molar-refractivity contribution in [3.8, 4) is 11.1 Å². The quantitative estimate of drug-likeness (QED) is 0.424. The van der Waals surface area contributed by atoms with Gasteiger partial charge in [0.25, 0.3) is 5.91 Å². The highest BCUT2D eigenvalue weighted by molar-refractivity contribution is 5.94. The van der Waals surface area contributed by atoms with E-state index in [2.05, 4.69) is 87.4 Å². The highest BCUT2D eigenvalue weighted by atomic mass is 16.3. The molecule has 1 aliphatic heterocycles. The lowest BCUT2D eigenvalue weighted by molar-refractivity contribution is 0.0921. The summed E-state index contributed by atoms with van der Waals surface area (Å²) in [7, 11) is 0. The molecule has 0 saturated carbocycles. The summed E-state index contributed by atoms with van der Waals surface area (Å²) in [5.74, 6) is 1.80. The van der Waals surface area contributed by atoms with Gasteiger partial charge in [-0.1, -0.05) is 68.4 Å². The lowest BCUT2D eigenvalue weighted by atomic mass is 10.0. The summed E-state index contributed by atoms with van der Waals surface area (Å²) in [6, 6.07) is 20.7. The third kappa shape index (κ3) is 5.20. The van der Waals surface area contributed by atoms with Crippen molar-refractivity contribution in [2.24, 2.45) is 5.92 Å². The van der Waals surface area contributed by atoms with E-state index in [9.17, 15) is 4.79 Å². The molecule has 2 aromatic heterocycles. The first-order valence-electron chi connectivity index (χ1n) is 12.2. The minimum Gasteiger partial charge on any atom is -0.472 e. The molecule has 7 heteroatoms. The Morgan fingerprint density at radius 2 is 1.74 bits per heavy atom. The molecule has 0 unspecified atom stereocenters. The van der Waals surface area contributed by atoms with Crippen LogP contribution in [0.5, 0.6) is 0 Å². The Kier molecular flexibility index (Phi) is 6.77. The second-order valence-corrected chi connectivity index (χ2v) is 9.42. The first-order valence-corrected chi connectivity index (χ1v) is 12.2. The van der Waals surface area contributed by atoms with Crippen molar-refractivity contribution in [2.45, 2.75) is 39.4 Å². The van der Waals surface area contributed by atoms with Crippen LogP contribution in [0.15, 0.2) is 77.6 Å². The van der Waals surface area contributed by atoms with Gasteiger partial charge in [0.05, 0.1) is 17.9 Å². The van der Waals surface area contributed by atoms with Crippen molar-refractivity contribution in [2.75, 3.05) is 13.1 Å². The number of furan rings is 1. The molecule has 1 aliphatic rings. The summed E-state index contributed by atoms with van der Waals surface area (Å²) in [6.45, 7) is 7.69. The van der Waals surface area contributed by atoms with Crippen molar-refractivity contribution in [3.63, 3.8) is 0 Å². The number of hydrogen-bond donors (Lipinski definition) is 1. The Morgan fingerprint density at radius 1 is 0.971 bits per heavy atom. The molecule has 0 saturated heterocycles. The summed E-state index contributed by atoms with van der Waals surface area (Å²) in [5.41, 5.74) is 4.28. The molecule has 2 aromatic carbocycles. The van der Waals surface area contributed by atoms with Crippen LogP contribution in [0, 0.1) is 5.92 Å². The zero-order valence-corrected chi connectivity index (χ0v) is 20.2. The van der Waals surface area contributed by atoms with Crippen LogP contribution in [0.3, 0.4) is 0 Å². The Hall–Kier alpha value is -3.71. The summed E-state index contributed by atoms with van der Waals surface area (Å²) in [6.07, 6.45) is 3.79. The minimum absolute atomic E-state index is 0.163. The lowest BCUT2D eigenvalue weighted by Gasteiger charge is -2.23. The van der Waals surface area contributed by atoms with Crippen molar-refractivity contribution in [3.05, 3.63) is 96.0 Å². The average Bonchev–Trinajstić information content (AvgIpc) is 3.51. The van der Waals surface area contributed by atoms with Crippen LogP contribution in [0.2, 0.25) is 0 Å². The van der Waals surface area contributed by atoms with E-state index in [0.717, 1.165) is 44.2 Å². The smallest absolute Gasteiger partial charge is 0.255 e. The van der Waals surface area contributed by atoms with Gasteiger partial charge in [0.15, 0.2) is 5.82 Å². The van der Waals surface area contributed by atoms with Crippen molar-refractivity contribution in [1.82, 2.24) is 25.0 Å². The third-order valence-corrected chi connectivity index (χ3v) is 6.63. The Bertz CT molecular complexity index is 1250. The number of fused-ring (bicyclic) bond motifs is 1. The van der Waals surface area contributed by atoms with Gasteiger partial charge in [0.2, 0.25) is 0 Å². The highest BCUT2D eigenvalue weighted by Crippen LogP contribution is 2.24. The van der Waals surface area contributed by atoms with Gasteiger partial charge in [-0.3, -0.25) is 9.69 Å². The molecule has 3 heterocycles. The number of nitrogens with zero attached hydrogens (tertiary/aromatic N) is 4. The number of carbonyl (C=O) groups excluding carboxylic acids is 1. The summed E-state index contributed by atoms with van der Waals surface area (Å²) in [5, 5.41) is 12.1. The molecule has 180 valence electrons. The largest absolute Gasteiger partial charge is 0.472 e. The van der Waals surface area contributed by atoms with Gasteiger partial charge in [0.1, 0.15) is 12.1 Å². The number of rotatable bonds is 7. The topological polar surface area (TPSA) is 76.2 Å². The monoisotopic (exact) mass is 469 g/mol. The molecular weight excluding hydrogens is 438 g/mol. The molecule has 4 aromatic rings. The van der Waals surface area contributed by atoms with Crippen LogP contribution in [0.25, 0.3) is 11.1 Å². The molecule has 0 spiro atoms. The van der Waals surface area contributed by atoms with E-state index in [1.165, 1.54) is 29.2 Å². The molecule has 0 fully saturated rings. The summed E-state index contributed by atoms with van der Waals surface area (Å²) < 4.78 is 7.26. The van der Waals surface area contributed by atoms with E-state index in [1.54, 1.807) is 6.07 Å². The van der Waals surface area contributed by atoms with Crippen LogP contribution < -0.4 is 5.32 Å². The highest BCUT2D eigenvalue weighted by Gasteiger charge is 2.28. The Labute approximate surface area is 205 Å². The van der Waals surface area contributed by atoms with Gasteiger partial charge in [-0.15, -0.1) is 10.2 Å². The van der Waals surface area contributed by atoms with Crippen LogP contribution >= 0.6 is 0 Å². The third-order valence-electron chi connectivity index (χ3n) is 6.63. The maximum atomic E-state index is 12.7. The fourth-order valence-corrected chi connectivity index (χ4v) is 4.62. The van der Waals surface area contributed by atoms with Gasteiger partial charge in [-0.25, -0.2) is 0 Å². The molecule has 35 heavy (non-hydrogen) atoms. The van der Waals surface area contributed by atoms with Gasteiger partial charge in [0, 0.05) is 32.6 Å². The molecule has 0 bridgehead atoms. The van der Waals surface area contributed by atoms with Gasteiger partial charge in [-0.2, -0.15) is 0 Å². The molecule has 0 radical (unpaired) electrons. The van der Waals surface area contributed by atoms with Gasteiger partial charge < -0.3 is 14.3 Å². The molecule has 0 aliphatic carbocycles. The van der Waals surface area contributed by atoms with E-state index in [-0.39, 0.29) is 17.9 Å². The van der Waals surface area contributed by atoms with Crippen LogP contribution in [0.4, 0.5) is 0 Å². The molecule has 1 N–H and O–H groups in total. The minimum atomic E-state index is -0.226. The standard InChI is InChI=1S/C28H31N5O2/c1-20(2)26(29-28(34)24-13-17-35-19-24)27-31-30-25-12-14-32(15-16-33(25)27)18-21-8-10-23(11-9-21)22-6-4-3-5-7-22/h3-11,13,17,19-20,26H,12,14-16,18H2,1-2H3,(H,29,34)/t26-/m0/s1. The number of aromatic nitrogens is 3. The predicted molar refractivity (Wildman–Crippen MR) is 135 cm³/mol. The van der Waals surface area contributed by atoms with E-state index < -0.39 is 0 Å². The van der Waals surface area contributed by atoms with Gasteiger partial charge >= 0.3 is 0 Å². The maximum Gasteiger partial charge on any atom is 0.255 e. The van der Waals surface area contributed by atoms with Crippen LogP contribution in [-0.2, 0) is 19.5 Å². The first-order chi connectivity index (χ1) is 17.1. The molecule has 7 nitrogen and oxygen atoms in total. The lowest BCUT2D eigenvalue weighted by Crippen LogP contribution is -2.34. The van der Waals surface area contributed by atoms with Crippen molar-refractivity contribution < 1.29 is 9.21 Å². The number of nitrogens with one attached hydrogen (secondary N) is 1. The van der Waals surface area contributed by atoms with Crippen LogP contribution in [-0.4, -0.2) is 38.7 Å². The van der Waals surface area contributed by atoms with Crippen molar-refractivity contribution >= 4 is 5.91 Å². The fourth-order valence-electron chi connectivity index (χ4n) is 4.62. The zero-order chi connectivity index (χ0) is 24.2. The van der Waals surface area contributed by atoms with E-state index >= 15 is 0 Å². The van der Waals surface area contributed by atoms with Crippen molar-refractivity contribution in [1.29, 1.82) is 0 Å². The van der Waals surface area contributed by atoms with Crippen LogP contribution in [0.1, 0.15) is 47.5 Å². The zero-order valence-electron chi connectivity index (χ0n) is 20.2.